The van der Waals surface area contributed by atoms with Gasteiger partial charge >= 0.3 is 254 Å². The average molecular weight is 1110 g/mol. The van der Waals surface area contributed by atoms with Gasteiger partial charge < -0.3 is 104 Å². The van der Waals surface area contributed by atoms with Gasteiger partial charge in [0.15, 0.2) is 0 Å². The Hall–Kier alpha value is 7.05. The van der Waals surface area contributed by atoms with Crippen molar-refractivity contribution in [1.29, 1.82) is 0 Å². The molecule has 0 unspecified atom stereocenters. The average Bonchev–Trinajstić information content (AvgIpc) is 0. The first-order chi connectivity index (χ1) is 0. The number of rotatable bonds is 0. The Labute approximate surface area is 351 Å². The first-order valence-electron chi connectivity index (χ1n) is 0. The van der Waals surface area contributed by atoms with Crippen molar-refractivity contribution < 1.29 is 309 Å². The van der Waals surface area contributed by atoms with E-state index >= 15 is 0 Å². The maximum atomic E-state index is 0. The molecular formula is BaFe12O19. The molecule has 0 amide bonds. The predicted molar refractivity (Wildman–Crippen MR) is 18.8 cm³/mol. The molecule has 19 nitrogen and oxygen atoms in total. The van der Waals surface area contributed by atoms with Crippen LogP contribution in [0.25, 0.3) is 0 Å². The third-order valence-corrected chi connectivity index (χ3v) is 0. The van der Waals surface area contributed by atoms with Gasteiger partial charge in [0, 0.05) is 0 Å². The third kappa shape index (κ3) is 970. The van der Waals surface area contributed by atoms with Crippen LogP contribution in [-0.2, 0) is 309 Å². The molecule has 12 radical (unpaired) electrons. The van der Waals surface area contributed by atoms with E-state index in [1.807, 2.05) is 0 Å². The molecule has 0 aromatic heterocycles. The zero-order valence-electron chi connectivity index (χ0n) is 12.7. The molecule has 0 atom stereocenters. The smallest absolute Gasteiger partial charge is 2.00 e. The summed E-state index contributed by atoms with van der Waals surface area (Å²) in [5, 5.41) is 0. The first kappa shape index (κ1) is 1140. The summed E-state index contributed by atoms with van der Waals surface area (Å²) in [5.41, 5.74) is 0. The van der Waals surface area contributed by atoms with E-state index in [1.54, 1.807) is 0 Å². The topological polar surface area (TPSA) is 542 Å². The molecule has 0 rings (SSSR count). The van der Waals surface area contributed by atoms with Gasteiger partial charge in [-0.15, -0.1) is 0 Å². The first-order valence-corrected chi connectivity index (χ1v) is 0. The molecule has 32 heavy (non-hydrogen) atoms. The molecule has 0 aliphatic heterocycles. The molecule has 0 fully saturated rings. The Kier molecular flexibility index (Phi) is 37400. The molecule has 32 heteroatoms. The molecule has 0 spiro atoms. The fraction of sp³-hybridized carbons (Fsp3) is 0. The fourth-order valence-corrected chi connectivity index (χ4v) is 0. The van der Waals surface area contributed by atoms with Crippen LogP contribution < -0.4 is 0 Å². The van der Waals surface area contributed by atoms with E-state index in [2.05, 4.69) is 0 Å². The van der Waals surface area contributed by atoms with Crippen LogP contribution in [0.1, 0.15) is 0 Å². The Bertz CT molecular complexity index is 36.3. The van der Waals surface area contributed by atoms with Gasteiger partial charge in [-0.1, -0.05) is 0 Å². The van der Waals surface area contributed by atoms with E-state index in [9.17, 15) is 0 Å². The van der Waals surface area contributed by atoms with Crippen molar-refractivity contribution in [2.75, 3.05) is 0 Å². The monoisotopic (exact) mass is 1110 g/mol. The van der Waals surface area contributed by atoms with Crippen molar-refractivity contribution in [3.8, 4) is 0 Å². The van der Waals surface area contributed by atoms with Crippen molar-refractivity contribution >= 4 is 48.9 Å². The van der Waals surface area contributed by atoms with Crippen LogP contribution >= 0.6 is 0 Å². The van der Waals surface area contributed by atoms with Crippen LogP contribution in [0.3, 0.4) is 0 Å². The van der Waals surface area contributed by atoms with Gasteiger partial charge in [0.1, 0.15) is 0 Å². The molecule has 0 saturated carbocycles. The minimum absolute atomic E-state index is 0. The van der Waals surface area contributed by atoms with Gasteiger partial charge in [-0.05, 0) is 0 Å². The Balaban J connectivity index is 0. The molecular weight excluding hydrogens is 1110 g/mol. The molecule has 0 aromatic carbocycles. The summed E-state index contributed by atoms with van der Waals surface area (Å²) in [6.07, 6.45) is 0. The van der Waals surface area contributed by atoms with Gasteiger partial charge in [0.05, 0.1) is 0 Å². The van der Waals surface area contributed by atoms with E-state index in [0.717, 1.165) is 0 Å². The summed E-state index contributed by atoms with van der Waals surface area (Å²) in [4.78, 5) is 0. The molecule has 0 saturated heterocycles. The zero-order chi connectivity index (χ0) is 0. The van der Waals surface area contributed by atoms with E-state index in [4.69, 9.17) is 0 Å². The van der Waals surface area contributed by atoms with Crippen LogP contribution in [0.15, 0.2) is 0 Å². The van der Waals surface area contributed by atoms with E-state index in [0.29, 0.717) is 0 Å². The molecule has 0 aromatic rings. The van der Waals surface area contributed by atoms with Gasteiger partial charge in [-0.25, -0.2) is 0 Å². The van der Waals surface area contributed by atoms with E-state index in [1.165, 1.54) is 0 Å². The van der Waals surface area contributed by atoms with Crippen LogP contribution in [0.4, 0.5) is 0 Å². The van der Waals surface area contributed by atoms with Gasteiger partial charge in [0.25, 0.3) is 0 Å². The Morgan fingerprint density at radius 2 is 0.0938 bits per heavy atom. The normalized spacial score (nSPS) is 0. The van der Waals surface area contributed by atoms with Gasteiger partial charge in [-0.2, -0.15) is 0 Å². The molecule has 0 aliphatic rings. The molecule has 0 heterocycles. The largest absolute Gasteiger partial charge is 3.00 e. The zero-order valence-corrected chi connectivity index (χ0v) is 30.4. The van der Waals surface area contributed by atoms with E-state index < -0.39 is 0 Å². The Morgan fingerprint density at radius 1 is 0.0938 bits per heavy atom. The van der Waals surface area contributed by atoms with Crippen molar-refractivity contribution in [2.24, 2.45) is 0 Å². The van der Waals surface area contributed by atoms with Crippen LogP contribution in [0.2, 0.25) is 0 Å². The van der Waals surface area contributed by atoms with Crippen LogP contribution in [-0.4, -0.2) is 48.9 Å². The summed E-state index contributed by atoms with van der Waals surface area (Å²) in [6, 6.07) is 0. The van der Waals surface area contributed by atoms with Crippen LogP contribution in [0.5, 0.6) is 0 Å². The standard InChI is InChI=1S/Ba.12Fe.19O/q+2;12*+3;19*-2. The fourth-order valence-electron chi connectivity index (χ4n) is 0. The summed E-state index contributed by atoms with van der Waals surface area (Å²) in [7, 11) is 0. The predicted octanol–water partition coefficient (Wildman–Crippen LogP) is -2.67. The summed E-state index contributed by atoms with van der Waals surface area (Å²) in [6.45, 7) is 0. The molecule has 212 valence electrons. The number of hydrogen-bond acceptors (Lipinski definition) is 0. The quantitative estimate of drug-likeness (QED) is 0.224. The third-order valence-electron chi connectivity index (χ3n) is 0. The maximum absolute atomic E-state index is 0. The Morgan fingerprint density at radius 3 is 0.0938 bits per heavy atom. The van der Waals surface area contributed by atoms with E-state index in [-0.39, 0.29) is 358 Å². The van der Waals surface area contributed by atoms with Gasteiger partial charge in [-0.3, -0.25) is 0 Å². The summed E-state index contributed by atoms with van der Waals surface area (Å²) < 4.78 is 0. The minimum atomic E-state index is 0. The van der Waals surface area contributed by atoms with Gasteiger partial charge in [0.2, 0.25) is 0 Å². The SMILES string of the molecule is [Ba+2].[Fe+3].[Fe+3].[Fe+3].[Fe+3].[Fe+3].[Fe+3].[Fe+3].[Fe+3].[Fe+3].[Fe+3].[Fe+3].[Fe+3].[O-2].[O-2].[O-2].[O-2].[O-2].[O-2].[O-2].[O-2].[O-2].[O-2].[O-2].[O-2].[O-2].[O-2].[O-2].[O-2].[O-2].[O-2].[O-2]. The summed E-state index contributed by atoms with van der Waals surface area (Å²) >= 11 is 0. The van der Waals surface area contributed by atoms with Crippen molar-refractivity contribution in [2.45, 2.75) is 0 Å². The second-order valence-corrected chi connectivity index (χ2v) is 0. The minimum Gasteiger partial charge on any atom is -2.00 e. The number of hydrogen-bond donors (Lipinski definition) is 0. The van der Waals surface area contributed by atoms with Crippen molar-refractivity contribution in [3.63, 3.8) is 0 Å². The molecule has 0 bridgehead atoms. The second kappa shape index (κ2) is 1050. The molecule has 0 N–H and O–H groups in total. The van der Waals surface area contributed by atoms with Crippen molar-refractivity contribution in [3.05, 3.63) is 0 Å². The second-order valence-electron chi connectivity index (χ2n) is 0. The summed E-state index contributed by atoms with van der Waals surface area (Å²) in [5.74, 6) is 0. The van der Waals surface area contributed by atoms with Crippen LogP contribution in [0, 0.1) is 0 Å². The van der Waals surface area contributed by atoms with Crippen molar-refractivity contribution in [1.82, 2.24) is 0 Å². The maximum Gasteiger partial charge on any atom is 3.00 e. The molecule has 0 aliphatic carbocycles.